The molecule has 6 heteroatoms. The van der Waals surface area contributed by atoms with Crippen LogP contribution in [0.4, 0.5) is 21.0 Å². The van der Waals surface area contributed by atoms with Gasteiger partial charge < -0.3 is 9.47 Å². The fourth-order valence-electron chi connectivity index (χ4n) is 3.43. The van der Waals surface area contributed by atoms with Gasteiger partial charge in [0.05, 0.1) is 0 Å². The monoisotopic (exact) mass is 460 g/mol. The van der Waals surface area contributed by atoms with Crippen molar-refractivity contribution in [2.75, 3.05) is 10.6 Å². The van der Waals surface area contributed by atoms with Crippen molar-refractivity contribution >= 4 is 23.6 Å². The normalized spacial score (nSPS) is 12.3. The fraction of sp³-hybridized carbons (Fsp3) is 0.286. The van der Waals surface area contributed by atoms with E-state index < -0.39 is 12.2 Å². The zero-order valence-electron chi connectivity index (χ0n) is 19.7. The second-order valence-electron chi connectivity index (χ2n) is 8.31. The smallest absolute Gasteiger partial charge is 0.411 e. The van der Waals surface area contributed by atoms with Gasteiger partial charge in [0.25, 0.3) is 0 Å². The van der Waals surface area contributed by atoms with Crippen LogP contribution in [-0.2, 0) is 22.3 Å². The fourth-order valence-corrected chi connectivity index (χ4v) is 3.43. The van der Waals surface area contributed by atoms with Gasteiger partial charge in [0, 0.05) is 11.4 Å². The van der Waals surface area contributed by atoms with Crippen LogP contribution in [-0.4, -0.2) is 24.4 Å². The molecule has 0 radical (unpaired) electrons. The maximum atomic E-state index is 12.0. The largest absolute Gasteiger partial charge is 0.446 e. The highest BCUT2D eigenvalue weighted by atomic mass is 16.6. The van der Waals surface area contributed by atoms with Gasteiger partial charge in [-0.05, 0) is 74.9 Å². The summed E-state index contributed by atoms with van der Waals surface area (Å²) in [6.45, 7) is 3.79. The molecule has 6 nitrogen and oxygen atoms in total. The Labute approximate surface area is 201 Å². The molecule has 2 amide bonds. The highest BCUT2D eigenvalue weighted by Gasteiger charge is 2.11. The van der Waals surface area contributed by atoms with Crippen LogP contribution in [0.2, 0.25) is 0 Å². The Morgan fingerprint density at radius 3 is 1.32 bits per heavy atom. The molecule has 3 aromatic rings. The van der Waals surface area contributed by atoms with Crippen LogP contribution >= 0.6 is 0 Å². The summed E-state index contributed by atoms with van der Waals surface area (Å²) in [6.07, 6.45) is 1.85. The molecule has 0 bridgehead atoms. The number of nitrogens with one attached hydrogen (secondary N) is 2. The van der Waals surface area contributed by atoms with E-state index in [0.29, 0.717) is 11.4 Å². The first-order valence-corrected chi connectivity index (χ1v) is 11.6. The molecule has 34 heavy (non-hydrogen) atoms. The second-order valence-corrected chi connectivity index (χ2v) is 8.31. The predicted octanol–water partition coefficient (Wildman–Crippen LogP) is 6.83. The summed E-state index contributed by atoms with van der Waals surface area (Å²) in [6, 6.07) is 26.9. The Morgan fingerprint density at radius 2 is 0.971 bits per heavy atom. The maximum absolute atomic E-state index is 12.0. The first-order valence-electron chi connectivity index (χ1n) is 11.6. The highest BCUT2D eigenvalue weighted by molar-refractivity contribution is 5.85. The van der Waals surface area contributed by atoms with Gasteiger partial charge in [0.2, 0.25) is 0 Å². The Hall–Kier alpha value is -3.80. The van der Waals surface area contributed by atoms with Gasteiger partial charge in [0.15, 0.2) is 0 Å². The van der Waals surface area contributed by atoms with Crippen LogP contribution in [0.25, 0.3) is 0 Å². The van der Waals surface area contributed by atoms with Crippen LogP contribution in [0.15, 0.2) is 84.9 Å². The summed E-state index contributed by atoms with van der Waals surface area (Å²) in [5.74, 6) is 0. The van der Waals surface area contributed by atoms with E-state index in [1.165, 1.54) is 11.1 Å². The third-order valence-electron chi connectivity index (χ3n) is 5.36. The topological polar surface area (TPSA) is 76.7 Å². The van der Waals surface area contributed by atoms with Crippen LogP contribution in [0, 0.1) is 0 Å². The van der Waals surface area contributed by atoms with Crippen molar-refractivity contribution < 1.29 is 19.1 Å². The van der Waals surface area contributed by atoms with Crippen molar-refractivity contribution in [3.63, 3.8) is 0 Å². The molecule has 2 atom stereocenters. The molecule has 0 fully saturated rings. The quantitative estimate of drug-likeness (QED) is 0.348. The van der Waals surface area contributed by atoms with Crippen LogP contribution in [0.1, 0.15) is 37.8 Å². The molecule has 3 rings (SSSR count). The van der Waals surface area contributed by atoms with Gasteiger partial charge in [0.1, 0.15) is 12.2 Å². The number of carbonyl (C=O) groups excluding carboxylic acids is 2. The molecule has 2 unspecified atom stereocenters. The standard InChI is InChI=1S/C28H32N2O4/c1-21(33-27(31)29-25-9-5-3-6-10-25)13-15-23-17-19-24(20-18-23)16-14-22(2)34-28(32)30-26-11-7-4-8-12-26/h3-12,17-22H,13-16H2,1-2H3,(H,29,31)(H,30,32). The minimum Gasteiger partial charge on any atom is -0.446 e. The minimum absolute atomic E-state index is 0.191. The average Bonchev–Trinajstić information content (AvgIpc) is 2.83. The maximum Gasteiger partial charge on any atom is 0.411 e. The minimum atomic E-state index is -0.442. The van der Waals surface area contributed by atoms with Gasteiger partial charge in [-0.3, -0.25) is 10.6 Å². The van der Waals surface area contributed by atoms with Crippen molar-refractivity contribution in [1.82, 2.24) is 0 Å². The number of para-hydroxylation sites is 2. The summed E-state index contributed by atoms with van der Waals surface area (Å²) in [5, 5.41) is 5.46. The first-order chi connectivity index (χ1) is 16.5. The molecule has 178 valence electrons. The predicted molar refractivity (Wildman–Crippen MR) is 135 cm³/mol. The van der Waals surface area contributed by atoms with Crippen molar-refractivity contribution in [3.05, 3.63) is 96.1 Å². The molecule has 0 heterocycles. The number of anilines is 2. The summed E-state index contributed by atoms with van der Waals surface area (Å²) < 4.78 is 10.9. The van der Waals surface area contributed by atoms with Gasteiger partial charge in [-0.25, -0.2) is 9.59 Å². The van der Waals surface area contributed by atoms with Crippen molar-refractivity contribution in [2.45, 2.75) is 51.7 Å². The van der Waals surface area contributed by atoms with Gasteiger partial charge in [-0.1, -0.05) is 60.7 Å². The van der Waals surface area contributed by atoms with E-state index in [0.717, 1.165) is 25.7 Å². The zero-order chi connectivity index (χ0) is 24.2. The molecular weight excluding hydrogens is 428 g/mol. The molecule has 0 spiro atoms. The highest BCUT2D eigenvalue weighted by Crippen LogP contribution is 2.14. The number of ether oxygens (including phenoxy) is 2. The molecule has 0 saturated carbocycles. The third-order valence-corrected chi connectivity index (χ3v) is 5.36. The number of hydrogen-bond acceptors (Lipinski definition) is 4. The van der Waals surface area contributed by atoms with E-state index in [1.807, 2.05) is 74.5 Å². The Kier molecular flexibility index (Phi) is 9.52. The van der Waals surface area contributed by atoms with Gasteiger partial charge in [-0.2, -0.15) is 0 Å². The number of aryl methyl sites for hydroxylation is 2. The van der Waals surface area contributed by atoms with Crippen LogP contribution in [0.3, 0.4) is 0 Å². The number of rotatable bonds is 10. The molecule has 0 saturated heterocycles. The lowest BCUT2D eigenvalue weighted by Gasteiger charge is -2.15. The van der Waals surface area contributed by atoms with E-state index in [4.69, 9.17) is 9.47 Å². The van der Waals surface area contributed by atoms with Crippen molar-refractivity contribution in [3.8, 4) is 0 Å². The second kappa shape index (κ2) is 13.0. The summed E-state index contributed by atoms with van der Waals surface area (Å²) in [4.78, 5) is 24.0. The third kappa shape index (κ3) is 8.98. The molecule has 3 aromatic carbocycles. The van der Waals surface area contributed by atoms with Crippen LogP contribution in [0.5, 0.6) is 0 Å². The summed E-state index contributed by atoms with van der Waals surface area (Å²) in [5.41, 5.74) is 3.81. The van der Waals surface area contributed by atoms with E-state index in [1.54, 1.807) is 0 Å². The zero-order valence-corrected chi connectivity index (χ0v) is 19.7. The number of amides is 2. The van der Waals surface area contributed by atoms with Crippen molar-refractivity contribution in [1.29, 1.82) is 0 Å². The lowest BCUT2D eigenvalue weighted by molar-refractivity contribution is 0.115. The number of hydrogen-bond donors (Lipinski definition) is 2. The van der Waals surface area contributed by atoms with E-state index in [9.17, 15) is 9.59 Å². The SMILES string of the molecule is CC(CCc1ccc(CCC(C)OC(=O)Nc2ccccc2)cc1)OC(=O)Nc1ccccc1. The molecule has 0 aliphatic heterocycles. The number of carbonyl (C=O) groups is 2. The average molecular weight is 461 g/mol. The molecule has 0 aliphatic carbocycles. The Balaban J connectivity index is 1.34. The summed E-state index contributed by atoms with van der Waals surface area (Å²) in [7, 11) is 0. The first kappa shape index (κ1) is 24.8. The summed E-state index contributed by atoms with van der Waals surface area (Å²) >= 11 is 0. The Bertz CT molecular complexity index is 939. The Morgan fingerprint density at radius 1 is 0.618 bits per heavy atom. The molecule has 2 N–H and O–H groups in total. The molecule has 0 aromatic heterocycles. The van der Waals surface area contributed by atoms with Crippen molar-refractivity contribution in [2.24, 2.45) is 0 Å². The lowest BCUT2D eigenvalue weighted by atomic mass is 10.0. The van der Waals surface area contributed by atoms with Gasteiger partial charge >= 0.3 is 12.2 Å². The van der Waals surface area contributed by atoms with E-state index in [2.05, 4.69) is 34.9 Å². The number of benzene rings is 3. The van der Waals surface area contributed by atoms with Crippen LogP contribution < -0.4 is 10.6 Å². The van der Waals surface area contributed by atoms with E-state index >= 15 is 0 Å². The molecule has 0 aliphatic rings. The molecular formula is C28H32N2O4. The lowest BCUT2D eigenvalue weighted by Crippen LogP contribution is -2.20. The van der Waals surface area contributed by atoms with Gasteiger partial charge in [-0.15, -0.1) is 0 Å². The van der Waals surface area contributed by atoms with E-state index in [-0.39, 0.29) is 12.2 Å².